The van der Waals surface area contributed by atoms with Gasteiger partial charge in [0.1, 0.15) is 11.6 Å². The van der Waals surface area contributed by atoms with E-state index in [1.165, 1.54) is 12.4 Å². The number of amides is 1. The molecule has 0 saturated carbocycles. The van der Waals surface area contributed by atoms with Crippen molar-refractivity contribution in [3.8, 4) is 11.1 Å². The van der Waals surface area contributed by atoms with E-state index in [0.29, 0.717) is 17.5 Å². The lowest BCUT2D eigenvalue weighted by atomic mass is 9.85. The van der Waals surface area contributed by atoms with Gasteiger partial charge in [-0.1, -0.05) is 12.1 Å². The van der Waals surface area contributed by atoms with E-state index in [2.05, 4.69) is 19.9 Å². The van der Waals surface area contributed by atoms with Crippen molar-refractivity contribution in [3.63, 3.8) is 0 Å². The highest BCUT2D eigenvalue weighted by atomic mass is 16.2. The molecule has 0 atom stereocenters. The summed E-state index contributed by atoms with van der Waals surface area (Å²) < 4.78 is 0. The van der Waals surface area contributed by atoms with Gasteiger partial charge in [0.25, 0.3) is 0 Å². The Labute approximate surface area is 151 Å². The molecule has 0 aliphatic carbocycles. The quantitative estimate of drug-likeness (QED) is 0.766. The maximum atomic E-state index is 13.1. The van der Waals surface area contributed by atoms with Gasteiger partial charge in [0.05, 0.1) is 23.5 Å². The van der Waals surface area contributed by atoms with Gasteiger partial charge in [-0.05, 0) is 38.0 Å². The molecular weight excluding hydrogens is 328 g/mol. The van der Waals surface area contributed by atoms with Crippen LogP contribution in [-0.4, -0.2) is 25.8 Å². The first-order valence-corrected chi connectivity index (χ1v) is 8.23. The third kappa shape index (κ3) is 2.40. The van der Waals surface area contributed by atoms with Gasteiger partial charge < -0.3 is 5.73 Å². The second kappa shape index (κ2) is 5.59. The zero-order chi connectivity index (χ0) is 18.5. The van der Waals surface area contributed by atoms with Gasteiger partial charge in [0, 0.05) is 18.0 Å². The van der Waals surface area contributed by atoms with Crippen molar-refractivity contribution < 1.29 is 4.79 Å². The molecule has 0 radical (unpaired) electrons. The number of nitrogen functional groups attached to an aromatic ring is 1. The van der Waals surface area contributed by atoms with Gasteiger partial charge in [-0.2, -0.15) is 0 Å². The number of nitrogens with zero attached hydrogens (tertiary/aromatic N) is 5. The zero-order valence-electron chi connectivity index (χ0n) is 14.8. The lowest BCUT2D eigenvalue weighted by molar-refractivity contribution is -0.121. The Morgan fingerprint density at radius 2 is 1.69 bits per heavy atom. The Balaban J connectivity index is 1.87. The van der Waals surface area contributed by atoms with Crippen molar-refractivity contribution >= 4 is 23.2 Å². The molecule has 0 saturated heterocycles. The number of hydrogen-bond acceptors (Lipinski definition) is 6. The zero-order valence-corrected chi connectivity index (χ0v) is 14.8. The minimum absolute atomic E-state index is 0.0520. The first-order valence-electron chi connectivity index (χ1n) is 8.23. The number of carbonyl (C=O) groups is 1. The summed E-state index contributed by atoms with van der Waals surface area (Å²) in [5.41, 5.74) is 8.53. The number of carbonyl (C=O) groups excluding carboxylic acids is 1. The number of aryl methyl sites for hydroxylation is 1. The molecule has 1 aliphatic rings. The van der Waals surface area contributed by atoms with Crippen LogP contribution >= 0.6 is 0 Å². The molecule has 0 unspecified atom stereocenters. The van der Waals surface area contributed by atoms with E-state index in [1.54, 1.807) is 17.3 Å². The maximum absolute atomic E-state index is 13.1. The van der Waals surface area contributed by atoms with Crippen molar-refractivity contribution in [2.45, 2.75) is 26.2 Å². The minimum Gasteiger partial charge on any atom is -0.382 e. The number of hydrogen-bond donors (Lipinski definition) is 1. The third-order valence-electron chi connectivity index (χ3n) is 4.65. The molecule has 4 rings (SSSR count). The van der Waals surface area contributed by atoms with Crippen LogP contribution in [0.15, 0.2) is 43.0 Å². The van der Waals surface area contributed by atoms with E-state index in [9.17, 15) is 4.79 Å². The molecule has 1 amide bonds. The Morgan fingerprint density at radius 3 is 2.35 bits per heavy atom. The average molecular weight is 346 g/mol. The van der Waals surface area contributed by atoms with Crippen molar-refractivity contribution in [2.24, 2.45) is 0 Å². The van der Waals surface area contributed by atoms with Crippen molar-refractivity contribution in [1.82, 2.24) is 19.9 Å². The summed E-state index contributed by atoms with van der Waals surface area (Å²) in [5.74, 6) is 1.42. The number of anilines is 3. The van der Waals surface area contributed by atoms with Crippen LogP contribution in [0.5, 0.6) is 0 Å². The smallest absolute Gasteiger partial charge is 0.242 e. The van der Waals surface area contributed by atoms with E-state index >= 15 is 0 Å². The first kappa shape index (κ1) is 16.1. The van der Waals surface area contributed by atoms with Gasteiger partial charge in [-0.3, -0.25) is 9.69 Å². The van der Waals surface area contributed by atoms with E-state index in [-0.39, 0.29) is 5.91 Å². The molecule has 1 aromatic carbocycles. The summed E-state index contributed by atoms with van der Waals surface area (Å²) in [4.78, 5) is 31.5. The molecule has 3 aromatic rings. The van der Waals surface area contributed by atoms with Crippen LogP contribution in [0.3, 0.4) is 0 Å². The van der Waals surface area contributed by atoms with Crippen LogP contribution in [0.1, 0.15) is 25.2 Å². The highest BCUT2D eigenvalue weighted by Crippen LogP contribution is 2.46. The van der Waals surface area contributed by atoms with Crippen LogP contribution in [0, 0.1) is 6.92 Å². The Kier molecular flexibility index (Phi) is 3.47. The lowest BCUT2D eigenvalue weighted by Gasteiger charge is -2.19. The molecule has 130 valence electrons. The van der Waals surface area contributed by atoms with E-state index in [4.69, 9.17) is 5.73 Å². The number of benzene rings is 1. The molecule has 1 aliphatic heterocycles. The average Bonchev–Trinajstić information content (AvgIpc) is 2.83. The SMILES string of the molecule is Cc1ncc(-c2ccc3c(c2)N(c2cnc(N)cn2)C(=O)C3(C)C)cn1. The lowest BCUT2D eigenvalue weighted by Crippen LogP contribution is -2.33. The summed E-state index contributed by atoms with van der Waals surface area (Å²) in [6, 6.07) is 5.93. The van der Waals surface area contributed by atoms with Gasteiger partial charge >= 0.3 is 0 Å². The maximum Gasteiger partial charge on any atom is 0.242 e. The predicted octanol–water partition coefficient (Wildman–Crippen LogP) is 2.78. The fraction of sp³-hybridized carbons (Fsp3) is 0.211. The fourth-order valence-electron chi connectivity index (χ4n) is 3.14. The minimum atomic E-state index is -0.652. The molecule has 26 heavy (non-hydrogen) atoms. The Hall–Kier alpha value is -3.35. The van der Waals surface area contributed by atoms with E-state index < -0.39 is 5.41 Å². The monoisotopic (exact) mass is 346 g/mol. The fourth-order valence-corrected chi connectivity index (χ4v) is 3.14. The number of nitrogens with two attached hydrogens (primary N) is 1. The molecule has 7 heteroatoms. The molecule has 2 N–H and O–H groups in total. The van der Waals surface area contributed by atoms with Crippen LogP contribution in [0.25, 0.3) is 11.1 Å². The summed E-state index contributed by atoms with van der Waals surface area (Å²) in [6.45, 7) is 5.66. The second-order valence-electron chi connectivity index (χ2n) is 6.82. The van der Waals surface area contributed by atoms with Crippen LogP contribution < -0.4 is 10.6 Å². The molecule has 3 heterocycles. The molecular formula is C19H18N6O. The molecule has 7 nitrogen and oxygen atoms in total. The van der Waals surface area contributed by atoms with Crippen molar-refractivity contribution in [2.75, 3.05) is 10.6 Å². The standard InChI is InChI=1S/C19H18N6O/c1-11-21-7-13(8-22-11)12-4-5-14-15(6-12)25(18(26)19(14,2)3)17-10-23-16(20)9-24-17/h4-10H,1-3H3,(H2,20,23). The van der Waals surface area contributed by atoms with E-state index in [1.807, 2.05) is 39.0 Å². The number of aromatic nitrogens is 4. The summed E-state index contributed by atoms with van der Waals surface area (Å²) >= 11 is 0. The third-order valence-corrected chi connectivity index (χ3v) is 4.65. The molecule has 0 fully saturated rings. The molecule has 0 spiro atoms. The van der Waals surface area contributed by atoms with Crippen LogP contribution in [-0.2, 0) is 10.2 Å². The second-order valence-corrected chi connectivity index (χ2v) is 6.82. The van der Waals surface area contributed by atoms with Crippen LogP contribution in [0.2, 0.25) is 0 Å². The van der Waals surface area contributed by atoms with Gasteiger partial charge in [-0.15, -0.1) is 0 Å². The largest absolute Gasteiger partial charge is 0.382 e. The first-order chi connectivity index (χ1) is 12.4. The van der Waals surface area contributed by atoms with Gasteiger partial charge in [-0.25, -0.2) is 19.9 Å². The normalized spacial score (nSPS) is 15.2. The Bertz CT molecular complexity index is 996. The summed E-state index contributed by atoms with van der Waals surface area (Å²) in [5, 5.41) is 0. The highest BCUT2D eigenvalue weighted by molar-refractivity contribution is 6.12. The van der Waals surface area contributed by atoms with E-state index in [0.717, 1.165) is 22.4 Å². The van der Waals surface area contributed by atoms with Crippen molar-refractivity contribution in [1.29, 1.82) is 0 Å². The topological polar surface area (TPSA) is 97.9 Å². The number of rotatable bonds is 2. The van der Waals surface area contributed by atoms with Crippen molar-refractivity contribution in [3.05, 3.63) is 54.4 Å². The highest BCUT2D eigenvalue weighted by Gasteiger charge is 2.45. The van der Waals surface area contributed by atoms with Gasteiger partial charge in [0.15, 0.2) is 5.82 Å². The summed E-state index contributed by atoms with van der Waals surface area (Å²) in [7, 11) is 0. The predicted molar refractivity (Wildman–Crippen MR) is 98.8 cm³/mol. The summed E-state index contributed by atoms with van der Waals surface area (Å²) in [6.07, 6.45) is 6.52. The molecule has 0 bridgehead atoms. The Morgan fingerprint density at radius 1 is 0.962 bits per heavy atom. The van der Waals surface area contributed by atoms with Crippen LogP contribution in [0.4, 0.5) is 17.3 Å². The molecule has 2 aromatic heterocycles. The number of fused-ring (bicyclic) bond motifs is 1. The van der Waals surface area contributed by atoms with Gasteiger partial charge in [0.2, 0.25) is 5.91 Å².